The second-order valence-electron chi connectivity index (χ2n) is 2.50. The quantitative estimate of drug-likeness (QED) is 0.614. The summed E-state index contributed by atoms with van der Waals surface area (Å²) >= 11 is 0. The van der Waals surface area contributed by atoms with Crippen molar-refractivity contribution in [2.24, 2.45) is 4.99 Å². The molecule has 1 aliphatic rings. The molecule has 1 aliphatic heterocycles. The molecule has 10 heavy (non-hydrogen) atoms. The fourth-order valence-electron chi connectivity index (χ4n) is 0.983. The van der Waals surface area contributed by atoms with Gasteiger partial charge in [-0.2, -0.15) is 0 Å². The van der Waals surface area contributed by atoms with Gasteiger partial charge in [-0.25, -0.2) is 4.99 Å². The van der Waals surface area contributed by atoms with Crippen LogP contribution in [0.4, 0.5) is 0 Å². The minimum Gasteiger partial charge on any atom is -0.479 e. The van der Waals surface area contributed by atoms with Crippen LogP contribution >= 0.6 is 0 Å². The molecule has 3 nitrogen and oxygen atoms in total. The Morgan fingerprint density at radius 2 is 2.60 bits per heavy atom. The summed E-state index contributed by atoms with van der Waals surface area (Å²) in [6.07, 6.45) is 0.405. The number of aliphatic hydroxyl groups is 1. The third kappa shape index (κ3) is 1.48. The summed E-state index contributed by atoms with van der Waals surface area (Å²) < 4.78 is 5.08. The Bertz CT molecular complexity index is 145. The molecule has 2 atom stereocenters. The van der Waals surface area contributed by atoms with Crippen LogP contribution in [-0.2, 0) is 4.74 Å². The lowest BCUT2D eigenvalue weighted by molar-refractivity contribution is 0.125. The van der Waals surface area contributed by atoms with Gasteiger partial charge in [0.25, 0.3) is 0 Å². The molecule has 0 aromatic carbocycles. The lowest BCUT2D eigenvalue weighted by atomic mass is 10.1. The molecular formula is C7H13NO2. The van der Waals surface area contributed by atoms with Gasteiger partial charge >= 0.3 is 0 Å². The van der Waals surface area contributed by atoms with E-state index in [1.54, 1.807) is 0 Å². The molecule has 0 aromatic rings. The highest BCUT2D eigenvalue weighted by Gasteiger charge is 2.22. The number of nitrogens with zero attached hydrogens (tertiary/aromatic N) is 1. The van der Waals surface area contributed by atoms with Crippen LogP contribution in [0, 0.1) is 0 Å². The van der Waals surface area contributed by atoms with E-state index in [-0.39, 0.29) is 12.1 Å². The molecule has 3 heteroatoms. The lowest BCUT2D eigenvalue weighted by Crippen LogP contribution is -2.24. The van der Waals surface area contributed by atoms with E-state index < -0.39 is 0 Å². The number of aliphatic imine (C=N–C) groups is 1. The predicted octanol–water partition coefficient (Wildman–Crippen LogP) is 0.575. The van der Waals surface area contributed by atoms with Crippen LogP contribution < -0.4 is 0 Å². The van der Waals surface area contributed by atoms with Gasteiger partial charge < -0.3 is 9.84 Å². The molecule has 1 heterocycles. The minimum absolute atomic E-state index is 0.0231. The Morgan fingerprint density at radius 1 is 1.90 bits per heavy atom. The highest BCUT2D eigenvalue weighted by Crippen LogP contribution is 2.10. The number of hydrogen-bond acceptors (Lipinski definition) is 3. The first-order chi connectivity index (χ1) is 4.74. The zero-order chi connectivity index (χ0) is 7.56. The first-order valence-corrected chi connectivity index (χ1v) is 3.59. The fourth-order valence-corrected chi connectivity index (χ4v) is 0.983. The summed E-state index contributed by atoms with van der Waals surface area (Å²) in [5.74, 6) is 0.692. The summed E-state index contributed by atoms with van der Waals surface area (Å²) in [7, 11) is 0. The Labute approximate surface area is 60.7 Å². The van der Waals surface area contributed by atoms with E-state index >= 15 is 0 Å². The van der Waals surface area contributed by atoms with E-state index in [4.69, 9.17) is 4.74 Å². The maximum absolute atomic E-state index is 9.29. The van der Waals surface area contributed by atoms with Gasteiger partial charge in [-0.15, -0.1) is 0 Å². The van der Waals surface area contributed by atoms with Crippen LogP contribution in [0.2, 0.25) is 0 Å². The molecular weight excluding hydrogens is 130 g/mol. The Kier molecular flexibility index (Phi) is 2.27. The fraction of sp³-hybridized carbons (Fsp3) is 0.857. The van der Waals surface area contributed by atoms with Gasteiger partial charge in [0.2, 0.25) is 0 Å². The minimum atomic E-state index is -0.336. The van der Waals surface area contributed by atoms with Gasteiger partial charge in [0.15, 0.2) is 5.90 Å². The van der Waals surface area contributed by atoms with Crippen molar-refractivity contribution in [3.63, 3.8) is 0 Å². The molecule has 0 aliphatic carbocycles. The molecule has 0 spiro atoms. The summed E-state index contributed by atoms with van der Waals surface area (Å²) in [6, 6.07) is -0.0231. The molecule has 0 saturated heterocycles. The Hall–Kier alpha value is -0.570. The van der Waals surface area contributed by atoms with E-state index in [0.29, 0.717) is 12.5 Å². The van der Waals surface area contributed by atoms with Crippen LogP contribution in [0.25, 0.3) is 0 Å². The lowest BCUT2D eigenvalue weighted by Gasteiger charge is -2.10. The summed E-state index contributed by atoms with van der Waals surface area (Å²) in [5, 5.41) is 9.29. The van der Waals surface area contributed by atoms with Crippen LogP contribution in [0.1, 0.15) is 20.3 Å². The first kappa shape index (κ1) is 7.54. The second kappa shape index (κ2) is 3.01. The van der Waals surface area contributed by atoms with E-state index in [1.165, 1.54) is 0 Å². The van der Waals surface area contributed by atoms with Crippen molar-refractivity contribution in [3.8, 4) is 0 Å². The summed E-state index contributed by atoms with van der Waals surface area (Å²) in [4.78, 5) is 4.10. The SMILES string of the molecule is CCC(O)C1COC(C)=N1. The van der Waals surface area contributed by atoms with Crippen LogP contribution in [-0.4, -0.2) is 29.8 Å². The number of aliphatic hydroxyl groups excluding tert-OH is 1. The first-order valence-electron chi connectivity index (χ1n) is 3.59. The van der Waals surface area contributed by atoms with Crippen molar-refractivity contribution in [2.75, 3.05) is 6.61 Å². The largest absolute Gasteiger partial charge is 0.479 e. The zero-order valence-corrected chi connectivity index (χ0v) is 6.37. The third-order valence-corrected chi connectivity index (χ3v) is 1.67. The van der Waals surface area contributed by atoms with Crippen molar-refractivity contribution >= 4 is 5.90 Å². The van der Waals surface area contributed by atoms with E-state index in [0.717, 1.165) is 6.42 Å². The molecule has 2 unspecified atom stereocenters. The maximum atomic E-state index is 9.29. The highest BCUT2D eigenvalue weighted by molar-refractivity contribution is 5.74. The number of rotatable bonds is 2. The summed E-state index contributed by atoms with van der Waals surface area (Å²) in [6.45, 7) is 4.29. The van der Waals surface area contributed by atoms with Crippen LogP contribution in [0.3, 0.4) is 0 Å². The monoisotopic (exact) mass is 143 g/mol. The average Bonchev–Trinajstić information content (AvgIpc) is 2.34. The molecule has 0 bridgehead atoms. The van der Waals surface area contributed by atoms with Gasteiger partial charge in [0.05, 0.1) is 6.10 Å². The second-order valence-corrected chi connectivity index (χ2v) is 2.50. The van der Waals surface area contributed by atoms with Crippen molar-refractivity contribution in [2.45, 2.75) is 32.4 Å². The molecule has 1 N–H and O–H groups in total. The smallest absolute Gasteiger partial charge is 0.180 e. The molecule has 58 valence electrons. The van der Waals surface area contributed by atoms with Crippen LogP contribution in [0.5, 0.6) is 0 Å². The van der Waals surface area contributed by atoms with Gasteiger partial charge in [0.1, 0.15) is 12.6 Å². The highest BCUT2D eigenvalue weighted by atomic mass is 16.5. The Balaban J connectivity index is 2.44. The average molecular weight is 143 g/mol. The zero-order valence-electron chi connectivity index (χ0n) is 6.37. The number of ether oxygens (including phenoxy) is 1. The van der Waals surface area contributed by atoms with Crippen molar-refractivity contribution in [1.29, 1.82) is 0 Å². The van der Waals surface area contributed by atoms with E-state index in [2.05, 4.69) is 4.99 Å². The topological polar surface area (TPSA) is 41.8 Å². The predicted molar refractivity (Wildman–Crippen MR) is 39.1 cm³/mol. The normalized spacial score (nSPS) is 27.5. The molecule has 0 radical (unpaired) electrons. The van der Waals surface area contributed by atoms with Crippen molar-refractivity contribution in [1.82, 2.24) is 0 Å². The van der Waals surface area contributed by atoms with Gasteiger partial charge in [0, 0.05) is 6.92 Å². The van der Waals surface area contributed by atoms with Gasteiger partial charge in [-0.1, -0.05) is 6.92 Å². The van der Waals surface area contributed by atoms with Crippen LogP contribution in [0.15, 0.2) is 4.99 Å². The van der Waals surface area contributed by atoms with Crippen molar-refractivity contribution in [3.05, 3.63) is 0 Å². The summed E-state index contributed by atoms with van der Waals surface area (Å²) in [5.41, 5.74) is 0. The van der Waals surface area contributed by atoms with Gasteiger partial charge in [-0.05, 0) is 6.42 Å². The molecule has 0 fully saturated rings. The maximum Gasteiger partial charge on any atom is 0.180 e. The standard InChI is InChI=1S/C7H13NO2/c1-3-7(9)6-4-10-5(2)8-6/h6-7,9H,3-4H2,1-2H3. The molecule has 0 amide bonds. The van der Waals surface area contributed by atoms with Gasteiger partial charge in [-0.3, -0.25) is 0 Å². The molecule has 0 aromatic heterocycles. The number of hydrogen-bond donors (Lipinski definition) is 1. The van der Waals surface area contributed by atoms with E-state index in [1.807, 2.05) is 13.8 Å². The molecule has 0 saturated carbocycles. The van der Waals surface area contributed by atoms with Crippen molar-refractivity contribution < 1.29 is 9.84 Å². The van der Waals surface area contributed by atoms with E-state index in [9.17, 15) is 5.11 Å². The third-order valence-electron chi connectivity index (χ3n) is 1.67. The Morgan fingerprint density at radius 3 is 3.00 bits per heavy atom. The molecule has 1 rings (SSSR count).